The molecule has 5 nitrogen and oxygen atoms in total. The standard InChI is InChI=1S/C30H44N2O3/c1-18(2)25-12-21-13-28(17-31)24-9-7-20(4)23(24)14-29(21,30(25,28)27(33)34)26-10-8-22(35-26)16-32-11-5-6-19(3)15-32/h12,18-24,26H,5-11,13-16H2,1-4H3,(H,33,34)/t19?,20-,21?,22?,23-,24-,26?,28?,29?,30?/m1/s1. The Morgan fingerprint density at radius 3 is 2.71 bits per heavy atom. The first-order valence-corrected chi connectivity index (χ1v) is 14.5. The number of carboxylic acids is 1. The Bertz CT molecular complexity index is 969. The van der Waals surface area contributed by atoms with Gasteiger partial charge in [-0.3, -0.25) is 4.79 Å². The van der Waals surface area contributed by atoms with E-state index < -0.39 is 22.2 Å². The van der Waals surface area contributed by atoms with Crippen LogP contribution in [0.25, 0.3) is 0 Å². The van der Waals surface area contributed by atoms with Crippen LogP contribution in [-0.2, 0) is 9.53 Å². The van der Waals surface area contributed by atoms with Crippen molar-refractivity contribution in [1.82, 2.24) is 4.90 Å². The van der Waals surface area contributed by atoms with Crippen molar-refractivity contribution in [1.29, 1.82) is 5.26 Å². The number of hydrogen-bond acceptors (Lipinski definition) is 4. The number of likely N-dealkylation sites (tertiary alicyclic amines) is 1. The summed E-state index contributed by atoms with van der Waals surface area (Å²) in [4.78, 5) is 16.3. The highest BCUT2D eigenvalue weighted by Gasteiger charge is 2.86. The maximum absolute atomic E-state index is 13.7. The molecule has 0 spiro atoms. The van der Waals surface area contributed by atoms with Crippen LogP contribution >= 0.6 is 0 Å². The molecule has 5 heteroatoms. The lowest BCUT2D eigenvalue weighted by Crippen LogP contribution is -2.64. The predicted molar refractivity (Wildman–Crippen MR) is 134 cm³/mol. The van der Waals surface area contributed by atoms with Crippen LogP contribution in [0.4, 0.5) is 0 Å². The number of piperidine rings is 1. The molecule has 2 aliphatic heterocycles. The van der Waals surface area contributed by atoms with Crippen molar-refractivity contribution >= 4 is 5.97 Å². The van der Waals surface area contributed by atoms with E-state index >= 15 is 0 Å². The van der Waals surface area contributed by atoms with Crippen LogP contribution in [0.3, 0.4) is 0 Å². The molecule has 5 fully saturated rings. The van der Waals surface area contributed by atoms with E-state index in [9.17, 15) is 15.2 Å². The minimum atomic E-state index is -1.10. The number of nitrogens with zero attached hydrogens (tertiary/aromatic N) is 2. The van der Waals surface area contributed by atoms with Crippen molar-refractivity contribution < 1.29 is 14.6 Å². The molecule has 0 aromatic heterocycles. The molecule has 1 N–H and O–H groups in total. The predicted octanol–water partition coefficient (Wildman–Crippen LogP) is 5.52. The first-order valence-electron chi connectivity index (χ1n) is 14.5. The Balaban J connectivity index is 1.41. The highest BCUT2D eigenvalue weighted by Crippen LogP contribution is 2.84. The van der Waals surface area contributed by atoms with Gasteiger partial charge in [-0.15, -0.1) is 0 Å². The number of rotatable bonds is 5. The van der Waals surface area contributed by atoms with Crippen LogP contribution in [0, 0.1) is 63.1 Å². The van der Waals surface area contributed by atoms with Gasteiger partial charge in [0.1, 0.15) is 5.41 Å². The third kappa shape index (κ3) is 2.85. The first kappa shape index (κ1) is 24.0. The van der Waals surface area contributed by atoms with Crippen molar-refractivity contribution in [3.63, 3.8) is 0 Å². The van der Waals surface area contributed by atoms with Crippen LogP contribution in [-0.4, -0.2) is 47.8 Å². The minimum absolute atomic E-state index is 0.0627. The molecule has 6 rings (SSSR count). The summed E-state index contributed by atoms with van der Waals surface area (Å²) in [5, 5.41) is 22.1. The van der Waals surface area contributed by atoms with Crippen molar-refractivity contribution in [2.45, 2.75) is 91.3 Å². The number of hydrogen-bond donors (Lipinski definition) is 1. The zero-order valence-electron chi connectivity index (χ0n) is 22.1. The molecule has 0 amide bonds. The molecule has 7 unspecified atom stereocenters. The zero-order chi connectivity index (χ0) is 24.8. The maximum Gasteiger partial charge on any atom is 0.316 e. The molecule has 35 heavy (non-hydrogen) atoms. The summed E-state index contributed by atoms with van der Waals surface area (Å²) in [5.74, 6) is 1.48. The third-order valence-corrected chi connectivity index (χ3v) is 11.8. The van der Waals surface area contributed by atoms with Gasteiger partial charge in [0.25, 0.3) is 0 Å². The molecule has 4 bridgehead atoms. The Hall–Kier alpha value is -1.38. The molecular weight excluding hydrogens is 436 g/mol. The summed E-state index contributed by atoms with van der Waals surface area (Å²) in [6.45, 7) is 12.2. The monoisotopic (exact) mass is 480 g/mol. The molecule has 10 atom stereocenters. The van der Waals surface area contributed by atoms with Crippen LogP contribution in [0.5, 0.6) is 0 Å². The van der Waals surface area contributed by atoms with Crippen LogP contribution in [0.2, 0.25) is 0 Å². The molecule has 2 heterocycles. The van der Waals surface area contributed by atoms with Gasteiger partial charge in [-0.25, -0.2) is 0 Å². The van der Waals surface area contributed by atoms with Gasteiger partial charge in [-0.1, -0.05) is 45.8 Å². The summed E-state index contributed by atoms with van der Waals surface area (Å²) < 4.78 is 6.97. The fraction of sp³-hybridized carbons (Fsp3) is 0.867. The van der Waals surface area contributed by atoms with E-state index in [1.165, 1.54) is 12.8 Å². The Morgan fingerprint density at radius 2 is 2.03 bits per heavy atom. The number of fused-ring (bicyclic) bond motifs is 2. The van der Waals surface area contributed by atoms with E-state index in [2.05, 4.69) is 44.7 Å². The van der Waals surface area contributed by atoms with E-state index in [0.29, 0.717) is 18.3 Å². The average Bonchev–Trinajstić information content (AvgIpc) is 3.54. The molecule has 192 valence electrons. The van der Waals surface area contributed by atoms with E-state index in [1.54, 1.807) is 0 Å². The van der Waals surface area contributed by atoms with Crippen LogP contribution < -0.4 is 0 Å². The molecule has 0 radical (unpaired) electrons. The quantitative estimate of drug-likeness (QED) is 0.525. The van der Waals surface area contributed by atoms with Crippen LogP contribution in [0.1, 0.15) is 79.1 Å². The van der Waals surface area contributed by atoms with Gasteiger partial charge in [-0.2, -0.15) is 5.26 Å². The number of aliphatic carboxylic acids is 1. The second-order valence-electron chi connectivity index (χ2n) is 13.6. The molecule has 2 saturated heterocycles. The first-order chi connectivity index (χ1) is 16.7. The second kappa shape index (κ2) is 8.06. The summed E-state index contributed by atoms with van der Waals surface area (Å²) in [7, 11) is 0. The highest BCUT2D eigenvalue weighted by atomic mass is 16.5. The lowest BCUT2D eigenvalue weighted by Gasteiger charge is -2.59. The Kier molecular flexibility index (Phi) is 5.52. The van der Waals surface area contributed by atoms with Gasteiger partial charge < -0.3 is 14.7 Å². The lowest BCUT2D eigenvalue weighted by atomic mass is 9.41. The van der Waals surface area contributed by atoms with E-state index in [-0.39, 0.29) is 30.0 Å². The molecule has 4 aliphatic carbocycles. The highest BCUT2D eigenvalue weighted by molar-refractivity contribution is 5.86. The smallest absolute Gasteiger partial charge is 0.316 e. The van der Waals surface area contributed by atoms with E-state index in [1.807, 2.05) is 0 Å². The summed E-state index contributed by atoms with van der Waals surface area (Å²) >= 11 is 0. The molecular formula is C30H44N2O3. The summed E-state index contributed by atoms with van der Waals surface area (Å²) in [6.07, 6.45) is 10.7. The van der Waals surface area contributed by atoms with Gasteiger partial charge in [-0.05, 0) is 87.0 Å². The fourth-order valence-electron chi connectivity index (χ4n) is 10.7. The van der Waals surface area contributed by atoms with Gasteiger partial charge in [0.15, 0.2) is 0 Å². The number of carbonyl (C=O) groups is 1. The number of ether oxygens (including phenoxy) is 1. The summed E-state index contributed by atoms with van der Waals surface area (Å²) in [6, 6.07) is 2.78. The van der Waals surface area contributed by atoms with Gasteiger partial charge in [0.2, 0.25) is 0 Å². The Labute approximate surface area is 211 Å². The Morgan fingerprint density at radius 1 is 1.23 bits per heavy atom. The van der Waals surface area contributed by atoms with Gasteiger partial charge >= 0.3 is 5.97 Å². The normalized spacial score (nSPS) is 50.9. The maximum atomic E-state index is 13.7. The van der Waals surface area contributed by atoms with Crippen molar-refractivity contribution in [3.05, 3.63) is 11.6 Å². The summed E-state index contributed by atoms with van der Waals surface area (Å²) in [5.41, 5.74) is -1.33. The van der Waals surface area contributed by atoms with Crippen LogP contribution in [0.15, 0.2) is 11.6 Å². The van der Waals surface area contributed by atoms with Gasteiger partial charge in [0, 0.05) is 18.5 Å². The van der Waals surface area contributed by atoms with E-state index in [0.717, 1.165) is 63.2 Å². The fourth-order valence-corrected chi connectivity index (χ4v) is 10.7. The van der Waals surface area contributed by atoms with E-state index in [4.69, 9.17) is 4.74 Å². The number of nitriles is 1. The molecule has 0 aromatic carbocycles. The number of carboxylic acid groups (broad SMARTS) is 1. The number of allylic oxidation sites excluding steroid dienone is 1. The zero-order valence-corrected chi connectivity index (χ0v) is 22.1. The second-order valence-corrected chi connectivity index (χ2v) is 13.6. The SMILES string of the molecule is CC1CCCN(CC2CCC(C34C[C@@H]5[C@H](C)CC[C@H]5C5(C#N)CC3C=C(C(C)C)C45C(=O)O)O2)C1. The van der Waals surface area contributed by atoms with Crippen molar-refractivity contribution in [2.75, 3.05) is 19.6 Å². The van der Waals surface area contributed by atoms with Crippen molar-refractivity contribution in [3.8, 4) is 6.07 Å². The van der Waals surface area contributed by atoms with Gasteiger partial charge in [0.05, 0.1) is 23.7 Å². The lowest BCUT2D eigenvalue weighted by molar-refractivity contribution is -0.191. The topological polar surface area (TPSA) is 73.6 Å². The minimum Gasteiger partial charge on any atom is -0.481 e. The molecule has 6 aliphatic rings. The van der Waals surface area contributed by atoms with Crippen molar-refractivity contribution in [2.24, 2.45) is 51.8 Å². The largest absolute Gasteiger partial charge is 0.481 e. The third-order valence-electron chi connectivity index (χ3n) is 11.8. The molecule has 0 aromatic rings. The molecule has 3 saturated carbocycles. The average molecular weight is 481 g/mol.